The summed E-state index contributed by atoms with van der Waals surface area (Å²) < 4.78 is 36.0. The number of oxazole rings is 1. The number of thiophene rings is 4. The van der Waals surface area contributed by atoms with Gasteiger partial charge in [0.05, 0.1) is 36.8 Å². The molecule has 14 rings (SSSR count). The summed E-state index contributed by atoms with van der Waals surface area (Å²) in [6.07, 6.45) is 1.05. The zero-order chi connectivity index (χ0) is 89.6. The molecule has 1 fully saturated rings. The van der Waals surface area contributed by atoms with Crippen molar-refractivity contribution in [3.8, 4) is 0 Å². The van der Waals surface area contributed by atoms with Gasteiger partial charge in [0, 0.05) is 99.5 Å². The van der Waals surface area contributed by atoms with Gasteiger partial charge in [-0.25, -0.2) is 28.4 Å². The average molecular weight is 1740 g/mol. The van der Waals surface area contributed by atoms with Crippen LogP contribution in [0.15, 0.2) is 99.2 Å². The van der Waals surface area contributed by atoms with Crippen LogP contribution in [0.4, 0.5) is 5.00 Å². The SMILES string of the molecule is CC(C)(C)C1=Nc2sc(C(C)(C)C)cc2C1.CC(C)N1CC(=O)N(C(C)C)CC1=O.CC(C)c1cc(C(C)C)[nH]n1.CC(C)c1cc2c(s1)CN(C(C)C)S2(=O)=O.CC(C)c1cc2sc(C(C)C)cc2s1.CC(C)c1nc2ccc(C(C)(C)C)cc2[nH]1.CC(C)c1nc2ccc(C(C)(C)C)cc2o1.CC(C)c1nc2ccc(C(C)(C)C)cc2s1. The second-order valence-corrected chi connectivity index (χ2v) is 47.9. The van der Waals surface area contributed by atoms with Gasteiger partial charge in [0.15, 0.2) is 11.5 Å². The van der Waals surface area contributed by atoms with E-state index in [4.69, 9.17) is 9.41 Å². The molecule has 15 nitrogen and oxygen atoms in total. The van der Waals surface area contributed by atoms with Gasteiger partial charge in [-0.3, -0.25) is 14.7 Å². The van der Waals surface area contributed by atoms with Crippen LogP contribution >= 0.6 is 56.7 Å². The lowest BCUT2D eigenvalue weighted by Crippen LogP contribution is -2.57. The van der Waals surface area contributed by atoms with Gasteiger partial charge >= 0.3 is 0 Å². The standard InChI is InChI=1S/C14H20N2.C14H19NO.C14H21NS.C14H19NS.C12H16S2.C11H17NO2S2.C10H18N2O2.C9H16N2/c2*1-9(2)13-15-11-7-6-10(14(3,4)5)8-12(11)16-13;1-13(2,3)10-7-9-8-11(14(4,5)6)16-12(9)15-10;1-9(2)13-15-11-7-6-10(14(3,4)5)8-12(11)16-13;1-7(2)9-5-11-12(13-9)6-10(14-11)8(3)4;1-7(2)9-5-11-10(15-9)6-12(8(3)4)16(11,13)14;1-7(2)11-5-10(14)12(8(3)4)6-9(11)13;1-6(2)8-5-9(7(3)4)11-10-8/h6-9H,1-5H3,(H,15,16);6-9H,1-5H3;8H,7H2,1-6H3;6-9H,1-5H3;5-8H,1-4H3;5,7-8H,6H2,1-4H3;7-8H,5-6H2,1-4H3;5-7H,1-4H3,(H,10,11). The second-order valence-electron chi connectivity index (χ2n) is 40.6. The van der Waals surface area contributed by atoms with Crippen LogP contribution in [0.5, 0.6) is 0 Å². The molecule has 654 valence electrons. The maximum absolute atomic E-state index is 12.2. The molecule has 11 aromatic rings. The Labute approximate surface area is 736 Å². The molecule has 0 saturated carbocycles. The Balaban J connectivity index is 0.000000188. The lowest BCUT2D eigenvalue weighted by Gasteiger charge is -2.38. The number of piperazine rings is 1. The van der Waals surface area contributed by atoms with Crippen molar-refractivity contribution in [2.24, 2.45) is 10.4 Å². The Morgan fingerprint density at radius 3 is 1.34 bits per heavy atom. The van der Waals surface area contributed by atoms with E-state index in [-0.39, 0.29) is 70.1 Å². The van der Waals surface area contributed by atoms with Gasteiger partial charge in [-0.15, -0.1) is 56.7 Å². The molecule has 1 saturated heterocycles. The van der Waals surface area contributed by atoms with Crippen LogP contribution in [0.25, 0.3) is 41.7 Å². The van der Waals surface area contributed by atoms with Crippen LogP contribution in [0.3, 0.4) is 0 Å². The molecule has 0 aliphatic carbocycles. The van der Waals surface area contributed by atoms with E-state index < -0.39 is 10.0 Å². The number of carbonyl (C=O) groups excluding carboxylic acids is 2. The van der Waals surface area contributed by atoms with E-state index in [2.05, 4.69) is 318 Å². The maximum Gasteiger partial charge on any atom is 0.244 e. The number of hydrogen-bond donors (Lipinski definition) is 2. The maximum atomic E-state index is 12.2. The van der Waals surface area contributed by atoms with E-state index in [1.54, 1.807) is 25.4 Å². The fraction of sp³-hybridized carbons (Fsp3) is 0.582. The van der Waals surface area contributed by atoms with E-state index in [1.807, 2.05) is 99.0 Å². The number of hydrogen-bond acceptors (Lipinski definition) is 15. The number of nitrogens with one attached hydrogen (secondary N) is 2. The normalized spacial score (nSPS) is 14.6. The van der Waals surface area contributed by atoms with Crippen molar-refractivity contribution in [1.82, 2.24) is 44.2 Å². The van der Waals surface area contributed by atoms with Crippen LogP contribution in [0.1, 0.15) is 378 Å². The summed E-state index contributed by atoms with van der Waals surface area (Å²) in [5, 5.41) is 9.73. The molecule has 2 amide bonds. The number of fused-ring (bicyclic) bond motifs is 6. The summed E-state index contributed by atoms with van der Waals surface area (Å²) in [6.45, 7) is 80.9. The molecule has 3 aromatic carbocycles. The van der Waals surface area contributed by atoms with Crippen molar-refractivity contribution in [3.05, 3.63) is 160 Å². The van der Waals surface area contributed by atoms with Gasteiger partial charge < -0.3 is 19.2 Å². The molecule has 11 heterocycles. The summed E-state index contributed by atoms with van der Waals surface area (Å²) in [4.78, 5) is 55.6. The third-order valence-electron chi connectivity index (χ3n) is 21.0. The first-order chi connectivity index (χ1) is 54.8. The Hall–Kier alpha value is -6.72. The molecule has 21 heteroatoms. The lowest BCUT2D eigenvalue weighted by molar-refractivity contribution is -0.153. The van der Waals surface area contributed by atoms with Gasteiger partial charge in [0.1, 0.15) is 29.4 Å². The molecule has 0 bridgehead atoms. The monoisotopic (exact) mass is 1730 g/mol. The highest BCUT2D eigenvalue weighted by molar-refractivity contribution is 7.89. The first kappa shape index (κ1) is 99.4. The number of benzene rings is 3. The van der Waals surface area contributed by atoms with E-state index in [0.717, 1.165) is 61.2 Å². The van der Waals surface area contributed by atoms with E-state index >= 15 is 0 Å². The number of nitrogens with zero attached hydrogens (tertiary/aromatic N) is 8. The number of aliphatic imine (C=N–C) groups is 1. The topological polar surface area (TPSA) is 187 Å². The predicted octanol–water partition coefficient (Wildman–Crippen LogP) is 28.8. The van der Waals surface area contributed by atoms with Gasteiger partial charge in [0.25, 0.3) is 0 Å². The molecular formula is C98H146N10O5S6. The zero-order valence-corrected chi connectivity index (χ0v) is 84.2. The lowest BCUT2D eigenvalue weighted by atomic mass is 9.87. The molecule has 0 radical (unpaired) electrons. The Morgan fingerprint density at radius 2 is 0.933 bits per heavy atom. The third kappa shape index (κ3) is 26.7. The molecule has 0 spiro atoms. The van der Waals surface area contributed by atoms with Gasteiger partial charge in [-0.2, -0.15) is 9.40 Å². The summed E-state index contributed by atoms with van der Waals surface area (Å²) in [5.41, 5.74) is 15.4. The highest BCUT2D eigenvalue weighted by Crippen LogP contribution is 2.45. The molecule has 3 aliphatic heterocycles. The highest BCUT2D eigenvalue weighted by Gasteiger charge is 2.39. The van der Waals surface area contributed by atoms with Gasteiger partial charge in [-0.05, 0) is 182 Å². The fourth-order valence-corrected chi connectivity index (χ4v) is 20.7. The van der Waals surface area contributed by atoms with E-state index in [9.17, 15) is 18.0 Å². The Kier molecular flexibility index (Phi) is 33.6. The van der Waals surface area contributed by atoms with Crippen molar-refractivity contribution in [1.29, 1.82) is 0 Å². The minimum absolute atomic E-state index is 0.0344. The number of thiazole rings is 1. The Bertz CT molecular complexity index is 4960. The average Bonchev–Trinajstić information content (AvgIpc) is 1.60. The van der Waals surface area contributed by atoms with Gasteiger partial charge in [0.2, 0.25) is 21.8 Å². The van der Waals surface area contributed by atoms with E-state index in [1.165, 1.54) is 72.4 Å². The van der Waals surface area contributed by atoms with E-state index in [0.29, 0.717) is 58.8 Å². The smallest absolute Gasteiger partial charge is 0.244 e. The number of imidazole rings is 1. The number of H-pyrrole nitrogens is 2. The molecule has 0 atom stereocenters. The van der Waals surface area contributed by atoms with Crippen LogP contribution in [0, 0.1) is 5.41 Å². The number of aromatic amines is 2. The number of rotatable bonds is 11. The Morgan fingerprint density at radius 1 is 0.437 bits per heavy atom. The summed E-state index contributed by atoms with van der Waals surface area (Å²) in [7, 11) is -3.21. The number of carbonyl (C=O) groups is 2. The van der Waals surface area contributed by atoms with Gasteiger partial charge in [-0.1, -0.05) is 233 Å². The van der Waals surface area contributed by atoms with Crippen molar-refractivity contribution in [2.45, 2.75) is 361 Å². The molecule has 8 aromatic heterocycles. The highest BCUT2D eigenvalue weighted by atomic mass is 32.2. The summed E-state index contributed by atoms with van der Waals surface area (Å²) in [5.74, 6) is 6.12. The molecule has 119 heavy (non-hydrogen) atoms. The molecule has 0 unspecified atom stereocenters. The summed E-state index contributed by atoms with van der Waals surface area (Å²) in [6, 6.07) is 30.8. The van der Waals surface area contributed by atoms with Crippen molar-refractivity contribution >= 4 is 131 Å². The number of amides is 2. The largest absolute Gasteiger partial charge is 0.440 e. The quantitative estimate of drug-likeness (QED) is 0.127. The number of sulfonamides is 1. The second kappa shape index (κ2) is 40.3. The van der Waals surface area contributed by atoms with Crippen LogP contribution in [0.2, 0.25) is 0 Å². The minimum atomic E-state index is -3.21. The molecule has 2 N–H and O–H groups in total. The molecular weight excluding hydrogens is 1590 g/mol. The predicted molar refractivity (Wildman–Crippen MR) is 516 cm³/mol. The summed E-state index contributed by atoms with van der Waals surface area (Å²) >= 11 is 9.23. The number of aromatic nitrogens is 6. The fourth-order valence-electron chi connectivity index (χ4n) is 12.7. The zero-order valence-electron chi connectivity index (χ0n) is 79.3. The molecule has 3 aliphatic rings. The minimum Gasteiger partial charge on any atom is -0.440 e. The van der Waals surface area contributed by atoms with Crippen molar-refractivity contribution < 1.29 is 22.4 Å². The van der Waals surface area contributed by atoms with Crippen LogP contribution in [-0.4, -0.2) is 101 Å². The van der Waals surface area contributed by atoms with Crippen molar-refractivity contribution in [3.63, 3.8) is 0 Å². The third-order valence-corrected chi connectivity index (χ3v) is 30.3. The van der Waals surface area contributed by atoms with Crippen molar-refractivity contribution in [2.75, 3.05) is 13.1 Å². The first-order valence-electron chi connectivity index (χ1n) is 43.1. The first-order valence-corrected chi connectivity index (χ1v) is 48.6. The van der Waals surface area contributed by atoms with Crippen LogP contribution < -0.4 is 0 Å². The van der Waals surface area contributed by atoms with Crippen LogP contribution in [-0.2, 0) is 54.2 Å².